The molecule has 0 fully saturated rings. The molecule has 1 aromatic rings. The number of hydrogen-bond acceptors (Lipinski definition) is 4. The smallest absolute Gasteiger partial charge is 0.175 e. The molecule has 118 valence electrons. The van der Waals surface area contributed by atoms with Crippen molar-refractivity contribution in [2.45, 2.75) is 38.0 Å². The Hall–Kier alpha value is -0.390. The minimum atomic E-state index is 0.338. The van der Waals surface area contributed by atoms with E-state index in [9.17, 15) is 0 Å². The Morgan fingerprint density at radius 2 is 1.95 bits per heavy atom. The van der Waals surface area contributed by atoms with Crippen LogP contribution in [0.2, 0.25) is 0 Å². The Bertz CT molecular complexity index is 469. The number of fused-ring (bicyclic) bond motifs is 1. The third kappa shape index (κ3) is 4.08. The van der Waals surface area contributed by atoms with Crippen LogP contribution in [0.1, 0.15) is 32.3 Å². The molecule has 0 bridgehead atoms. The molecule has 0 saturated heterocycles. The van der Waals surface area contributed by atoms with Crippen molar-refractivity contribution in [1.82, 2.24) is 5.32 Å². The molecule has 21 heavy (non-hydrogen) atoms. The van der Waals surface area contributed by atoms with Crippen LogP contribution in [-0.2, 0) is 6.54 Å². The van der Waals surface area contributed by atoms with Crippen molar-refractivity contribution in [3.63, 3.8) is 0 Å². The molecule has 1 heterocycles. The number of benzene rings is 1. The summed E-state index contributed by atoms with van der Waals surface area (Å²) >= 11 is 5.53. The lowest BCUT2D eigenvalue weighted by molar-refractivity contribution is 0.170. The SMILES string of the molecule is CCC(CC)(CNCc1cc(Br)c2c(c1)OCCO2)SC. The molecule has 1 aliphatic rings. The summed E-state index contributed by atoms with van der Waals surface area (Å²) in [4.78, 5) is 0. The summed E-state index contributed by atoms with van der Waals surface area (Å²) in [5, 5.41) is 3.59. The van der Waals surface area contributed by atoms with Crippen molar-refractivity contribution in [1.29, 1.82) is 0 Å². The third-order valence-corrected chi connectivity index (χ3v) is 6.33. The van der Waals surface area contributed by atoms with E-state index in [4.69, 9.17) is 9.47 Å². The summed E-state index contributed by atoms with van der Waals surface area (Å²) in [6, 6.07) is 4.18. The van der Waals surface area contributed by atoms with E-state index in [1.807, 2.05) is 11.8 Å². The fraction of sp³-hybridized carbons (Fsp3) is 0.625. The highest BCUT2D eigenvalue weighted by Crippen LogP contribution is 2.38. The average molecular weight is 374 g/mol. The standard InChI is InChI=1S/C16H24BrNO2S/c1-4-16(5-2,21-3)11-18-10-12-8-13(17)15-14(9-12)19-6-7-20-15/h8-9,18H,4-7,10-11H2,1-3H3. The lowest BCUT2D eigenvalue weighted by atomic mass is 10.0. The Kier molecular flexibility index (Phi) is 6.26. The van der Waals surface area contributed by atoms with Gasteiger partial charge in [-0.3, -0.25) is 0 Å². The van der Waals surface area contributed by atoms with E-state index in [0.717, 1.165) is 29.1 Å². The second kappa shape index (κ2) is 7.75. The van der Waals surface area contributed by atoms with Gasteiger partial charge in [-0.25, -0.2) is 0 Å². The first kappa shape index (κ1) is 17.0. The van der Waals surface area contributed by atoms with Crippen molar-refractivity contribution in [3.8, 4) is 11.5 Å². The average Bonchev–Trinajstić information content (AvgIpc) is 2.52. The summed E-state index contributed by atoms with van der Waals surface area (Å²) in [5.74, 6) is 1.67. The lowest BCUT2D eigenvalue weighted by Crippen LogP contribution is -2.36. The minimum Gasteiger partial charge on any atom is -0.486 e. The van der Waals surface area contributed by atoms with E-state index in [2.05, 4.69) is 53.5 Å². The normalized spacial score (nSPS) is 14.3. The quantitative estimate of drug-likeness (QED) is 0.774. The van der Waals surface area contributed by atoms with E-state index in [0.29, 0.717) is 18.0 Å². The predicted octanol–water partition coefficient (Wildman–Crippen LogP) is 4.23. The molecule has 0 spiro atoms. The van der Waals surface area contributed by atoms with Crippen molar-refractivity contribution in [2.24, 2.45) is 0 Å². The fourth-order valence-electron chi connectivity index (χ4n) is 2.56. The second-order valence-electron chi connectivity index (χ2n) is 5.30. The maximum Gasteiger partial charge on any atom is 0.175 e. The van der Waals surface area contributed by atoms with Crippen molar-refractivity contribution in [3.05, 3.63) is 22.2 Å². The van der Waals surface area contributed by atoms with Crippen LogP contribution in [0.3, 0.4) is 0 Å². The molecule has 1 aliphatic heterocycles. The van der Waals surface area contributed by atoms with E-state index in [-0.39, 0.29) is 0 Å². The zero-order valence-electron chi connectivity index (χ0n) is 13.0. The van der Waals surface area contributed by atoms with Gasteiger partial charge >= 0.3 is 0 Å². The largest absolute Gasteiger partial charge is 0.486 e. The molecule has 0 aromatic heterocycles. The highest BCUT2D eigenvalue weighted by atomic mass is 79.9. The Balaban J connectivity index is 1.99. The first-order valence-electron chi connectivity index (χ1n) is 7.48. The van der Waals surface area contributed by atoms with Gasteiger partial charge in [-0.15, -0.1) is 0 Å². The van der Waals surface area contributed by atoms with Crippen LogP contribution in [0.15, 0.2) is 16.6 Å². The van der Waals surface area contributed by atoms with Crippen molar-refractivity contribution in [2.75, 3.05) is 26.0 Å². The molecule has 0 radical (unpaired) electrons. The number of hydrogen-bond donors (Lipinski definition) is 1. The molecule has 0 atom stereocenters. The van der Waals surface area contributed by atoms with Crippen molar-refractivity contribution < 1.29 is 9.47 Å². The number of halogens is 1. The van der Waals surface area contributed by atoms with Crippen LogP contribution in [0.4, 0.5) is 0 Å². The summed E-state index contributed by atoms with van der Waals surface area (Å²) in [6.45, 7) is 7.64. The van der Waals surface area contributed by atoms with E-state index >= 15 is 0 Å². The van der Waals surface area contributed by atoms with Crippen molar-refractivity contribution >= 4 is 27.7 Å². The third-order valence-electron chi connectivity index (χ3n) is 4.15. The predicted molar refractivity (Wildman–Crippen MR) is 93.7 cm³/mol. The van der Waals surface area contributed by atoms with E-state index < -0.39 is 0 Å². The zero-order chi connectivity index (χ0) is 15.3. The van der Waals surface area contributed by atoms with Crippen LogP contribution in [-0.4, -0.2) is 30.8 Å². The van der Waals surface area contributed by atoms with Gasteiger partial charge in [0.05, 0.1) is 4.47 Å². The second-order valence-corrected chi connectivity index (χ2v) is 7.43. The molecule has 0 aliphatic carbocycles. The maximum absolute atomic E-state index is 5.67. The van der Waals surface area contributed by atoms with Gasteiger partial charge in [0.2, 0.25) is 0 Å². The zero-order valence-corrected chi connectivity index (χ0v) is 15.4. The fourth-order valence-corrected chi connectivity index (χ4v) is 3.99. The van der Waals surface area contributed by atoms with E-state index in [1.54, 1.807) is 0 Å². The summed E-state index contributed by atoms with van der Waals surface area (Å²) in [6.07, 6.45) is 4.57. The number of rotatable bonds is 7. The van der Waals surface area contributed by atoms with Crippen LogP contribution < -0.4 is 14.8 Å². The van der Waals surface area contributed by atoms with Gasteiger partial charge in [-0.2, -0.15) is 11.8 Å². The van der Waals surface area contributed by atoms with Gasteiger partial charge in [0.1, 0.15) is 13.2 Å². The van der Waals surface area contributed by atoms with Gasteiger partial charge in [-0.05, 0) is 52.7 Å². The molecular weight excluding hydrogens is 350 g/mol. The molecule has 3 nitrogen and oxygen atoms in total. The molecule has 1 N–H and O–H groups in total. The van der Waals surface area contributed by atoms with E-state index in [1.165, 1.54) is 18.4 Å². The van der Waals surface area contributed by atoms with Crippen LogP contribution in [0.5, 0.6) is 11.5 Å². The number of thioether (sulfide) groups is 1. The number of ether oxygens (including phenoxy) is 2. The summed E-state index contributed by atoms with van der Waals surface area (Å²) < 4.78 is 12.6. The Morgan fingerprint density at radius 3 is 2.62 bits per heavy atom. The van der Waals surface area contributed by atoms with Gasteiger partial charge in [0.25, 0.3) is 0 Å². The van der Waals surface area contributed by atoms with Crippen LogP contribution in [0, 0.1) is 0 Å². The topological polar surface area (TPSA) is 30.5 Å². The van der Waals surface area contributed by atoms with Crippen LogP contribution in [0.25, 0.3) is 0 Å². The molecule has 0 unspecified atom stereocenters. The highest BCUT2D eigenvalue weighted by molar-refractivity contribution is 9.10. The first-order valence-corrected chi connectivity index (χ1v) is 9.49. The molecular formula is C16H24BrNO2S. The monoisotopic (exact) mass is 373 g/mol. The molecule has 2 rings (SSSR count). The lowest BCUT2D eigenvalue weighted by Gasteiger charge is -2.30. The molecule has 5 heteroatoms. The van der Waals surface area contributed by atoms with Gasteiger partial charge in [0.15, 0.2) is 11.5 Å². The van der Waals surface area contributed by atoms with Gasteiger partial charge in [0, 0.05) is 17.8 Å². The maximum atomic E-state index is 5.67. The Labute approximate surface area is 140 Å². The molecule has 0 saturated carbocycles. The molecule has 0 amide bonds. The first-order chi connectivity index (χ1) is 10.1. The molecule has 1 aromatic carbocycles. The minimum absolute atomic E-state index is 0.338. The summed E-state index contributed by atoms with van der Waals surface area (Å²) in [7, 11) is 0. The van der Waals surface area contributed by atoms with Gasteiger partial charge in [-0.1, -0.05) is 13.8 Å². The number of nitrogens with one attached hydrogen (secondary N) is 1. The van der Waals surface area contributed by atoms with Gasteiger partial charge < -0.3 is 14.8 Å². The Morgan fingerprint density at radius 1 is 1.24 bits per heavy atom. The van der Waals surface area contributed by atoms with Crippen LogP contribution >= 0.6 is 27.7 Å². The summed E-state index contributed by atoms with van der Waals surface area (Å²) in [5.41, 5.74) is 1.22. The highest BCUT2D eigenvalue weighted by Gasteiger charge is 2.24.